The smallest absolute Gasteiger partial charge is 0.303 e. The van der Waals surface area contributed by atoms with Gasteiger partial charge in [0, 0.05) is 24.1 Å². The van der Waals surface area contributed by atoms with Crippen LogP contribution in [0.4, 0.5) is 8.78 Å². The first-order chi connectivity index (χ1) is 8.41. The van der Waals surface area contributed by atoms with E-state index in [9.17, 15) is 13.6 Å². The number of nitrogens with zero attached hydrogens (tertiary/aromatic N) is 1. The third-order valence-corrected chi connectivity index (χ3v) is 2.98. The zero-order valence-electron chi connectivity index (χ0n) is 10.5. The molecule has 0 aliphatic rings. The summed E-state index contributed by atoms with van der Waals surface area (Å²) in [5.41, 5.74) is 0.411. The molecule has 1 unspecified atom stereocenters. The number of hydrogen-bond acceptors (Lipinski definition) is 2. The van der Waals surface area contributed by atoms with Crippen LogP contribution in [0, 0.1) is 11.6 Å². The second kappa shape index (κ2) is 6.44. The summed E-state index contributed by atoms with van der Waals surface area (Å²) in [5.74, 6) is -2.02. The Kier molecular flexibility index (Phi) is 5.22. The standard InChI is InChI=1S/C13H17F2NO2/c1-9(16(2)7-3-4-13(17)18)11-6-5-10(14)8-12(11)15/h5-6,8-9H,3-4,7H2,1-2H3,(H,17,18). The summed E-state index contributed by atoms with van der Waals surface area (Å²) in [7, 11) is 1.79. The van der Waals surface area contributed by atoms with Crippen molar-refractivity contribution in [3.8, 4) is 0 Å². The van der Waals surface area contributed by atoms with Crippen molar-refractivity contribution >= 4 is 5.97 Å². The summed E-state index contributed by atoms with van der Waals surface area (Å²) in [6.07, 6.45) is 0.585. The van der Waals surface area contributed by atoms with Crippen LogP contribution in [0.3, 0.4) is 0 Å². The van der Waals surface area contributed by atoms with E-state index in [-0.39, 0.29) is 12.5 Å². The molecule has 1 aromatic rings. The fourth-order valence-corrected chi connectivity index (χ4v) is 1.75. The molecule has 0 aliphatic carbocycles. The van der Waals surface area contributed by atoms with Crippen molar-refractivity contribution in [1.29, 1.82) is 0 Å². The van der Waals surface area contributed by atoms with Crippen molar-refractivity contribution in [2.24, 2.45) is 0 Å². The molecule has 1 aromatic carbocycles. The van der Waals surface area contributed by atoms with Gasteiger partial charge in [-0.25, -0.2) is 8.78 Å². The Hall–Kier alpha value is -1.49. The molecule has 0 aromatic heterocycles. The number of benzene rings is 1. The van der Waals surface area contributed by atoms with Gasteiger partial charge in [0.15, 0.2) is 0 Å². The van der Waals surface area contributed by atoms with Crippen LogP contribution in [-0.4, -0.2) is 29.6 Å². The van der Waals surface area contributed by atoms with Gasteiger partial charge in [0.1, 0.15) is 11.6 Å². The Morgan fingerprint density at radius 2 is 2.11 bits per heavy atom. The van der Waals surface area contributed by atoms with E-state index in [0.29, 0.717) is 18.5 Å². The fraction of sp³-hybridized carbons (Fsp3) is 0.462. The van der Waals surface area contributed by atoms with E-state index in [0.717, 1.165) is 6.07 Å². The van der Waals surface area contributed by atoms with Gasteiger partial charge in [-0.2, -0.15) is 0 Å². The monoisotopic (exact) mass is 257 g/mol. The quantitative estimate of drug-likeness (QED) is 0.852. The molecule has 1 N–H and O–H groups in total. The van der Waals surface area contributed by atoms with Crippen molar-refractivity contribution < 1.29 is 18.7 Å². The number of hydrogen-bond donors (Lipinski definition) is 1. The lowest BCUT2D eigenvalue weighted by atomic mass is 10.1. The largest absolute Gasteiger partial charge is 0.481 e. The van der Waals surface area contributed by atoms with E-state index in [4.69, 9.17) is 5.11 Å². The highest BCUT2D eigenvalue weighted by Gasteiger charge is 2.16. The Morgan fingerprint density at radius 3 is 2.67 bits per heavy atom. The molecular weight excluding hydrogens is 240 g/mol. The summed E-state index contributed by atoms with van der Waals surface area (Å²) >= 11 is 0. The van der Waals surface area contributed by atoms with Gasteiger partial charge in [-0.1, -0.05) is 6.07 Å². The average Bonchev–Trinajstić information content (AvgIpc) is 2.27. The van der Waals surface area contributed by atoms with Gasteiger partial charge in [-0.15, -0.1) is 0 Å². The lowest BCUT2D eigenvalue weighted by molar-refractivity contribution is -0.137. The highest BCUT2D eigenvalue weighted by atomic mass is 19.1. The third kappa shape index (κ3) is 4.07. The zero-order chi connectivity index (χ0) is 13.7. The molecule has 100 valence electrons. The second-order valence-corrected chi connectivity index (χ2v) is 4.32. The molecular formula is C13H17F2NO2. The highest BCUT2D eigenvalue weighted by molar-refractivity contribution is 5.66. The van der Waals surface area contributed by atoms with E-state index in [2.05, 4.69) is 0 Å². The highest BCUT2D eigenvalue weighted by Crippen LogP contribution is 2.22. The molecule has 0 aliphatic heterocycles. The van der Waals surface area contributed by atoms with Crippen LogP contribution in [0.15, 0.2) is 18.2 Å². The molecule has 0 bridgehead atoms. The molecule has 0 fully saturated rings. The van der Waals surface area contributed by atoms with Gasteiger partial charge in [-0.05, 0) is 33.0 Å². The molecule has 1 rings (SSSR count). The minimum absolute atomic E-state index is 0.0863. The lowest BCUT2D eigenvalue weighted by Gasteiger charge is -2.25. The maximum absolute atomic E-state index is 13.6. The van der Waals surface area contributed by atoms with Gasteiger partial charge < -0.3 is 5.11 Å². The zero-order valence-corrected chi connectivity index (χ0v) is 10.5. The van der Waals surface area contributed by atoms with Crippen LogP contribution < -0.4 is 0 Å². The average molecular weight is 257 g/mol. The van der Waals surface area contributed by atoms with Crippen molar-refractivity contribution in [3.63, 3.8) is 0 Å². The first-order valence-corrected chi connectivity index (χ1v) is 5.78. The van der Waals surface area contributed by atoms with Gasteiger partial charge in [0.05, 0.1) is 0 Å². The molecule has 0 saturated carbocycles. The SMILES string of the molecule is CC(c1ccc(F)cc1F)N(C)CCCC(=O)O. The Balaban J connectivity index is 2.62. The predicted molar refractivity (Wildman–Crippen MR) is 64.3 cm³/mol. The predicted octanol–water partition coefficient (Wildman–Crippen LogP) is 2.82. The number of carboxylic acids is 1. The summed E-state index contributed by atoms with van der Waals surface area (Å²) < 4.78 is 26.3. The van der Waals surface area contributed by atoms with Gasteiger partial charge in [-0.3, -0.25) is 9.69 Å². The molecule has 0 radical (unpaired) electrons. The van der Waals surface area contributed by atoms with Crippen molar-refractivity contribution in [2.75, 3.05) is 13.6 Å². The van der Waals surface area contributed by atoms with Gasteiger partial charge in [0.2, 0.25) is 0 Å². The molecule has 5 heteroatoms. The van der Waals surface area contributed by atoms with E-state index >= 15 is 0 Å². The first kappa shape index (κ1) is 14.6. The summed E-state index contributed by atoms with van der Waals surface area (Å²) in [6, 6.07) is 3.28. The van der Waals surface area contributed by atoms with Crippen LogP contribution in [0.5, 0.6) is 0 Å². The van der Waals surface area contributed by atoms with E-state index in [1.807, 2.05) is 4.90 Å². The van der Waals surface area contributed by atoms with E-state index < -0.39 is 17.6 Å². The maximum Gasteiger partial charge on any atom is 0.303 e. The van der Waals surface area contributed by atoms with Crippen LogP contribution >= 0.6 is 0 Å². The molecule has 0 saturated heterocycles. The Labute approximate surface area is 105 Å². The Bertz CT molecular complexity index is 423. The molecule has 1 atom stereocenters. The fourth-order valence-electron chi connectivity index (χ4n) is 1.75. The normalized spacial score (nSPS) is 12.7. The summed E-state index contributed by atoms with van der Waals surface area (Å²) in [6.45, 7) is 2.35. The number of aliphatic carboxylic acids is 1. The maximum atomic E-state index is 13.6. The number of carboxylic acid groups (broad SMARTS) is 1. The molecule has 0 heterocycles. The second-order valence-electron chi connectivity index (χ2n) is 4.32. The number of halogens is 2. The molecule has 0 amide bonds. The van der Waals surface area contributed by atoms with Crippen LogP contribution in [0.2, 0.25) is 0 Å². The van der Waals surface area contributed by atoms with Gasteiger partial charge in [0.25, 0.3) is 0 Å². The van der Waals surface area contributed by atoms with E-state index in [1.165, 1.54) is 12.1 Å². The van der Waals surface area contributed by atoms with Crippen molar-refractivity contribution in [1.82, 2.24) is 4.90 Å². The molecule has 18 heavy (non-hydrogen) atoms. The topological polar surface area (TPSA) is 40.5 Å². The molecule has 3 nitrogen and oxygen atoms in total. The Morgan fingerprint density at radius 1 is 1.44 bits per heavy atom. The van der Waals surface area contributed by atoms with Crippen molar-refractivity contribution in [2.45, 2.75) is 25.8 Å². The lowest BCUT2D eigenvalue weighted by Crippen LogP contribution is -2.24. The summed E-state index contributed by atoms with van der Waals surface area (Å²) in [5, 5.41) is 8.54. The molecule has 0 spiro atoms. The van der Waals surface area contributed by atoms with E-state index in [1.54, 1.807) is 14.0 Å². The van der Waals surface area contributed by atoms with Crippen LogP contribution in [0.1, 0.15) is 31.4 Å². The third-order valence-electron chi connectivity index (χ3n) is 2.98. The first-order valence-electron chi connectivity index (χ1n) is 5.78. The summed E-state index contributed by atoms with van der Waals surface area (Å²) in [4.78, 5) is 12.2. The van der Waals surface area contributed by atoms with Gasteiger partial charge >= 0.3 is 5.97 Å². The van der Waals surface area contributed by atoms with Crippen LogP contribution in [-0.2, 0) is 4.79 Å². The van der Waals surface area contributed by atoms with Crippen LogP contribution in [0.25, 0.3) is 0 Å². The minimum Gasteiger partial charge on any atom is -0.481 e. The number of carbonyl (C=O) groups is 1. The minimum atomic E-state index is -0.844. The van der Waals surface area contributed by atoms with Crippen molar-refractivity contribution in [3.05, 3.63) is 35.4 Å². The number of rotatable bonds is 6.